The van der Waals surface area contributed by atoms with Crippen molar-refractivity contribution in [3.05, 3.63) is 53.6 Å². The number of nitrogens with one attached hydrogen (secondary N) is 1. The van der Waals surface area contributed by atoms with Crippen LogP contribution >= 0.6 is 0 Å². The van der Waals surface area contributed by atoms with Crippen molar-refractivity contribution in [3.8, 4) is 0 Å². The minimum absolute atomic E-state index is 0.390. The molecule has 4 nitrogen and oxygen atoms in total. The smallest absolute Gasteiger partial charge is 0.328 e. The molecule has 0 saturated carbocycles. The van der Waals surface area contributed by atoms with Crippen LogP contribution in [0.25, 0.3) is 5.57 Å². The highest BCUT2D eigenvalue weighted by molar-refractivity contribution is 5.77. The second-order valence-corrected chi connectivity index (χ2v) is 5.34. The van der Waals surface area contributed by atoms with E-state index in [1.807, 2.05) is 19.9 Å². The molecule has 0 aliphatic rings. The number of hydrogen-bond donors (Lipinski definition) is 1. The largest absolute Gasteiger partial charge is 0.467 e. The van der Waals surface area contributed by atoms with E-state index in [-0.39, 0.29) is 5.97 Å². The van der Waals surface area contributed by atoms with E-state index in [1.165, 1.54) is 23.8 Å². The summed E-state index contributed by atoms with van der Waals surface area (Å²) in [4.78, 5) is 20.8. The maximum atomic E-state index is 10.8. The monoisotopic (exact) mass is 331 g/mol. The number of allylic oxidation sites excluding steroid dienone is 4. The fraction of sp³-hybridized carbons (Fsp3) is 0.400. The van der Waals surface area contributed by atoms with Gasteiger partial charge in [-0.05, 0) is 43.9 Å². The number of carbonyl (C=O) groups excluding carboxylic acids is 2. The molecule has 24 heavy (non-hydrogen) atoms. The SMILES string of the molecule is C/C=C\C=C(/C)c1ccccc1C.CCC[C@H](NC=O)C(=O)OC. The lowest BCUT2D eigenvalue weighted by Crippen LogP contribution is -2.36. The van der Waals surface area contributed by atoms with Gasteiger partial charge >= 0.3 is 5.97 Å². The lowest BCUT2D eigenvalue weighted by atomic mass is 10.0. The first-order chi connectivity index (χ1) is 11.5. The van der Waals surface area contributed by atoms with Crippen molar-refractivity contribution in [2.24, 2.45) is 0 Å². The lowest BCUT2D eigenvalue weighted by Gasteiger charge is -2.11. The summed E-state index contributed by atoms with van der Waals surface area (Å²) in [7, 11) is 1.30. The molecule has 0 aromatic heterocycles. The van der Waals surface area contributed by atoms with E-state index >= 15 is 0 Å². The van der Waals surface area contributed by atoms with E-state index in [0.29, 0.717) is 12.8 Å². The average Bonchev–Trinajstić information content (AvgIpc) is 2.59. The van der Waals surface area contributed by atoms with Crippen LogP contribution in [0, 0.1) is 6.92 Å². The molecule has 4 heteroatoms. The third-order valence-corrected chi connectivity index (χ3v) is 3.44. The van der Waals surface area contributed by atoms with Crippen LogP contribution in [0.2, 0.25) is 0 Å². The van der Waals surface area contributed by atoms with Crippen LogP contribution in [0.3, 0.4) is 0 Å². The first-order valence-electron chi connectivity index (χ1n) is 8.14. The topological polar surface area (TPSA) is 55.4 Å². The minimum atomic E-state index is -0.484. The van der Waals surface area contributed by atoms with Gasteiger partial charge in [0.15, 0.2) is 0 Å². The summed E-state index contributed by atoms with van der Waals surface area (Å²) in [6.07, 6.45) is 8.22. The summed E-state index contributed by atoms with van der Waals surface area (Å²) in [6.45, 7) is 8.24. The van der Waals surface area contributed by atoms with Crippen molar-refractivity contribution < 1.29 is 14.3 Å². The van der Waals surface area contributed by atoms with Crippen molar-refractivity contribution in [3.63, 3.8) is 0 Å². The van der Waals surface area contributed by atoms with Gasteiger partial charge in [-0.3, -0.25) is 4.79 Å². The third kappa shape index (κ3) is 8.32. The Morgan fingerprint density at radius 1 is 1.33 bits per heavy atom. The van der Waals surface area contributed by atoms with Gasteiger partial charge in [0.25, 0.3) is 0 Å². The number of amides is 1. The molecule has 0 saturated heterocycles. The predicted octanol–water partition coefficient (Wildman–Crippen LogP) is 4.05. The lowest BCUT2D eigenvalue weighted by molar-refractivity contribution is -0.144. The number of esters is 1. The summed E-state index contributed by atoms with van der Waals surface area (Å²) in [5, 5.41) is 2.38. The molecule has 1 aromatic carbocycles. The molecule has 1 aromatic rings. The summed E-state index contributed by atoms with van der Waals surface area (Å²) in [6, 6.07) is 7.96. The van der Waals surface area contributed by atoms with Crippen molar-refractivity contribution in [2.75, 3.05) is 7.11 Å². The molecule has 1 N–H and O–H groups in total. The molecule has 1 atom stereocenters. The molecule has 0 aliphatic heterocycles. The number of benzene rings is 1. The highest BCUT2D eigenvalue weighted by atomic mass is 16.5. The Morgan fingerprint density at radius 2 is 2.00 bits per heavy atom. The van der Waals surface area contributed by atoms with Crippen molar-refractivity contribution in [1.82, 2.24) is 5.32 Å². The Morgan fingerprint density at radius 3 is 2.50 bits per heavy atom. The predicted molar refractivity (Wildman–Crippen MR) is 99.6 cm³/mol. The van der Waals surface area contributed by atoms with Crippen molar-refractivity contribution in [1.29, 1.82) is 0 Å². The van der Waals surface area contributed by atoms with Crippen LogP contribution in [-0.2, 0) is 14.3 Å². The number of methoxy groups -OCH3 is 1. The first-order valence-corrected chi connectivity index (χ1v) is 8.14. The van der Waals surface area contributed by atoms with Crippen LogP contribution in [0.4, 0.5) is 0 Å². The number of ether oxygens (including phenoxy) is 1. The van der Waals surface area contributed by atoms with Crippen LogP contribution in [0.1, 0.15) is 44.7 Å². The molecule has 1 amide bonds. The summed E-state index contributed by atoms with van der Waals surface area (Å²) < 4.78 is 4.46. The molecule has 0 heterocycles. The van der Waals surface area contributed by atoms with Gasteiger partial charge in [0.1, 0.15) is 6.04 Å². The molecule has 132 valence electrons. The zero-order chi connectivity index (χ0) is 18.4. The van der Waals surface area contributed by atoms with E-state index in [4.69, 9.17) is 0 Å². The van der Waals surface area contributed by atoms with Gasteiger partial charge in [0, 0.05) is 0 Å². The quantitative estimate of drug-likeness (QED) is 0.466. The number of carbonyl (C=O) groups is 2. The van der Waals surface area contributed by atoms with Crippen LogP contribution in [0.5, 0.6) is 0 Å². The standard InChI is InChI=1S/C13H16.C7H13NO3/c1-4-5-8-11(2)13-10-7-6-9-12(13)3;1-3-4-6(8-5-9)7(10)11-2/h4-10H,1-3H3;5-6H,3-4H2,1-2H3,(H,8,9)/b5-4-,11-8+;/t;6-/m.0/s1. The van der Waals surface area contributed by atoms with Gasteiger partial charge < -0.3 is 10.1 Å². The van der Waals surface area contributed by atoms with Gasteiger partial charge in [-0.1, -0.05) is 55.8 Å². The Labute approximate surface area is 145 Å². The average molecular weight is 331 g/mol. The number of rotatable bonds is 7. The van der Waals surface area contributed by atoms with Crippen LogP contribution in [-0.4, -0.2) is 25.5 Å². The summed E-state index contributed by atoms with van der Waals surface area (Å²) in [5.41, 5.74) is 3.98. The maximum Gasteiger partial charge on any atom is 0.328 e. The van der Waals surface area contributed by atoms with E-state index in [9.17, 15) is 9.59 Å². The minimum Gasteiger partial charge on any atom is -0.467 e. The van der Waals surface area contributed by atoms with E-state index in [2.05, 4.69) is 60.3 Å². The van der Waals surface area contributed by atoms with E-state index < -0.39 is 6.04 Å². The molecule has 0 spiro atoms. The van der Waals surface area contributed by atoms with E-state index in [0.717, 1.165) is 6.42 Å². The second-order valence-electron chi connectivity index (χ2n) is 5.34. The van der Waals surface area contributed by atoms with Crippen molar-refractivity contribution in [2.45, 2.75) is 46.6 Å². The fourth-order valence-corrected chi connectivity index (χ4v) is 2.13. The van der Waals surface area contributed by atoms with Gasteiger partial charge in [0.2, 0.25) is 6.41 Å². The molecule has 0 aliphatic carbocycles. The Hall–Kier alpha value is -2.36. The maximum absolute atomic E-state index is 10.8. The Kier molecular flexibility index (Phi) is 11.8. The number of hydrogen-bond acceptors (Lipinski definition) is 3. The molecular formula is C20H29NO3. The second kappa shape index (κ2) is 13.1. The molecular weight excluding hydrogens is 302 g/mol. The van der Waals surface area contributed by atoms with Gasteiger partial charge in [-0.25, -0.2) is 4.79 Å². The van der Waals surface area contributed by atoms with E-state index in [1.54, 1.807) is 0 Å². The molecule has 0 unspecified atom stereocenters. The molecule has 0 bridgehead atoms. The third-order valence-electron chi connectivity index (χ3n) is 3.44. The molecule has 1 rings (SSSR count). The van der Waals surface area contributed by atoms with Crippen LogP contribution in [0.15, 0.2) is 42.5 Å². The summed E-state index contributed by atoms with van der Waals surface area (Å²) in [5.74, 6) is -0.390. The Balaban J connectivity index is 0.000000449. The van der Waals surface area contributed by atoms with Gasteiger partial charge in [-0.15, -0.1) is 0 Å². The first kappa shape index (κ1) is 21.6. The Bertz CT molecular complexity index is 562. The normalized spacial score (nSPS) is 12.1. The van der Waals surface area contributed by atoms with Crippen molar-refractivity contribution >= 4 is 18.0 Å². The van der Waals surface area contributed by atoms with Gasteiger partial charge in [-0.2, -0.15) is 0 Å². The fourth-order valence-electron chi connectivity index (χ4n) is 2.13. The molecule has 0 fully saturated rings. The van der Waals surface area contributed by atoms with Gasteiger partial charge in [0.05, 0.1) is 7.11 Å². The number of aryl methyl sites for hydroxylation is 1. The molecule has 0 radical (unpaired) electrons. The summed E-state index contributed by atoms with van der Waals surface area (Å²) >= 11 is 0. The zero-order valence-electron chi connectivity index (χ0n) is 15.3. The zero-order valence-corrected chi connectivity index (χ0v) is 15.3. The highest BCUT2D eigenvalue weighted by Gasteiger charge is 2.15. The van der Waals surface area contributed by atoms with Crippen LogP contribution < -0.4 is 5.32 Å². The highest BCUT2D eigenvalue weighted by Crippen LogP contribution is 2.17.